The Morgan fingerprint density at radius 2 is 2.20 bits per heavy atom. The monoisotopic (exact) mass is 275 g/mol. The van der Waals surface area contributed by atoms with Gasteiger partial charge in [-0.05, 0) is 43.5 Å². The van der Waals surface area contributed by atoms with Gasteiger partial charge in [0.15, 0.2) is 0 Å². The van der Waals surface area contributed by atoms with Crippen molar-refractivity contribution in [2.24, 2.45) is 5.73 Å². The van der Waals surface area contributed by atoms with Gasteiger partial charge >= 0.3 is 0 Å². The lowest BCUT2D eigenvalue weighted by Gasteiger charge is -2.14. The van der Waals surface area contributed by atoms with Crippen LogP contribution in [-0.2, 0) is 6.42 Å². The number of benzene rings is 1. The topological polar surface area (TPSA) is 46.2 Å². The Morgan fingerprint density at radius 3 is 2.80 bits per heavy atom. The Morgan fingerprint density at radius 1 is 1.53 bits per heavy atom. The third-order valence-corrected chi connectivity index (χ3v) is 2.82. The standard InChI is InChI=1S/C11H15BrFNO/c1-7(14)11(15)5-2-8-6-9(12)3-4-10(8)13/h3-4,6-7,11,15H,2,5,14H2,1H3. The molecule has 2 unspecified atom stereocenters. The van der Waals surface area contributed by atoms with E-state index < -0.39 is 6.10 Å². The molecule has 0 aromatic heterocycles. The fourth-order valence-corrected chi connectivity index (χ4v) is 1.71. The van der Waals surface area contributed by atoms with E-state index >= 15 is 0 Å². The molecule has 0 heterocycles. The molecule has 0 saturated carbocycles. The highest BCUT2D eigenvalue weighted by molar-refractivity contribution is 9.10. The molecule has 0 aliphatic carbocycles. The van der Waals surface area contributed by atoms with Gasteiger partial charge in [0.1, 0.15) is 5.82 Å². The van der Waals surface area contributed by atoms with E-state index in [4.69, 9.17) is 5.73 Å². The predicted molar refractivity (Wildman–Crippen MR) is 62.1 cm³/mol. The normalized spacial score (nSPS) is 15.0. The van der Waals surface area contributed by atoms with E-state index in [2.05, 4.69) is 15.9 Å². The average Bonchev–Trinajstić information content (AvgIpc) is 2.18. The van der Waals surface area contributed by atoms with Crippen molar-refractivity contribution in [2.75, 3.05) is 0 Å². The third-order valence-electron chi connectivity index (χ3n) is 2.32. The van der Waals surface area contributed by atoms with Crippen LogP contribution in [0.1, 0.15) is 18.9 Å². The maximum atomic E-state index is 13.3. The largest absolute Gasteiger partial charge is 0.392 e. The van der Waals surface area contributed by atoms with Gasteiger partial charge in [-0.25, -0.2) is 4.39 Å². The van der Waals surface area contributed by atoms with Crippen LogP contribution >= 0.6 is 15.9 Å². The highest BCUT2D eigenvalue weighted by Gasteiger charge is 2.11. The summed E-state index contributed by atoms with van der Waals surface area (Å²) in [5.41, 5.74) is 6.12. The molecule has 2 atom stereocenters. The molecule has 0 aliphatic heterocycles. The van der Waals surface area contributed by atoms with E-state index in [1.165, 1.54) is 6.07 Å². The van der Waals surface area contributed by atoms with Crippen LogP contribution in [-0.4, -0.2) is 17.3 Å². The van der Waals surface area contributed by atoms with Crippen molar-refractivity contribution in [3.8, 4) is 0 Å². The van der Waals surface area contributed by atoms with Crippen LogP contribution in [0.5, 0.6) is 0 Å². The molecule has 4 heteroatoms. The van der Waals surface area contributed by atoms with Crippen LogP contribution in [0.15, 0.2) is 22.7 Å². The first-order chi connectivity index (χ1) is 7.00. The molecule has 0 spiro atoms. The second-order valence-corrected chi connectivity index (χ2v) is 4.62. The number of rotatable bonds is 4. The van der Waals surface area contributed by atoms with E-state index in [9.17, 15) is 9.50 Å². The molecule has 1 aromatic rings. The van der Waals surface area contributed by atoms with Crippen LogP contribution in [0.25, 0.3) is 0 Å². The number of nitrogens with two attached hydrogens (primary N) is 1. The smallest absolute Gasteiger partial charge is 0.126 e. The first-order valence-electron chi connectivity index (χ1n) is 4.88. The quantitative estimate of drug-likeness (QED) is 0.885. The van der Waals surface area contributed by atoms with Crippen molar-refractivity contribution < 1.29 is 9.50 Å². The Kier molecular flexibility index (Phi) is 4.70. The summed E-state index contributed by atoms with van der Waals surface area (Å²) < 4.78 is 14.1. The van der Waals surface area contributed by atoms with E-state index in [-0.39, 0.29) is 11.9 Å². The number of aliphatic hydroxyl groups is 1. The van der Waals surface area contributed by atoms with E-state index in [1.807, 2.05) is 0 Å². The van der Waals surface area contributed by atoms with Crippen molar-refractivity contribution in [3.05, 3.63) is 34.1 Å². The number of aryl methyl sites for hydroxylation is 1. The van der Waals surface area contributed by atoms with Crippen LogP contribution in [0.2, 0.25) is 0 Å². The lowest BCUT2D eigenvalue weighted by Crippen LogP contribution is -2.31. The predicted octanol–water partition coefficient (Wildman–Crippen LogP) is 2.23. The molecule has 3 N–H and O–H groups in total. The molecule has 0 fully saturated rings. The van der Waals surface area contributed by atoms with Crippen molar-refractivity contribution >= 4 is 15.9 Å². The van der Waals surface area contributed by atoms with E-state index in [0.717, 1.165) is 4.47 Å². The Labute approximate surface area is 97.4 Å². The molecular formula is C11H15BrFNO. The molecule has 0 bridgehead atoms. The van der Waals surface area contributed by atoms with Gasteiger partial charge in [-0.1, -0.05) is 15.9 Å². The average molecular weight is 276 g/mol. The summed E-state index contributed by atoms with van der Waals surface area (Å²) in [6.07, 6.45) is 0.391. The van der Waals surface area contributed by atoms with Crippen LogP contribution in [0, 0.1) is 5.82 Å². The number of aliphatic hydroxyl groups excluding tert-OH is 1. The van der Waals surface area contributed by atoms with Crippen molar-refractivity contribution in [3.63, 3.8) is 0 Å². The zero-order valence-electron chi connectivity index (χ0n) is 8.58. The number of hydrogen-bond donors (Lipinski definition) is 2. The molecule has 2 nitrogen and oxygen atoms in total. The summed E-state index contributed by atoms with van der Waals surface area (Å²) >= 11 is 3.28. The fraction of sp³-hybridized carbons (Fsp3) is 0.455. The zero-order chi connectivity index (χ0) is 11.4. The summed E-state index contributed by atoms with van der Waals surface area (Å²) in [6, 6.07) is 4.52. The maximum absolute atomic E-state index is 13.3. The molecule has 0 saturated heterocycles. The molecule has 0 aliphatic rings. The van der Waals surface area contributed by atoms with Gasteiger partial charge in [0.2, 0.25) is 0 Å². The summed E-state index contributed by atoms with van der Waals surface area (Å²) in [5.74, 6) is -0.241. The highest BCUT2D eigenvalue weighted by atomic mass is 79.9. The lowest BCUT2D eigenvalue weighted by atomic mass is 10.0. The van der Waals surface area contributed by atoms with E-state index in [0.29, 0.717) is 18.4 Å². The SMILES string of the molecule is CC(N)C(O)CCc1cc(Br)ccc1F. The van der Waals surface area contributed by atoms with Gasteiger partial charge in [-0.3, -0.25) is 0 Å². The van der Waals surface area contributed by atoms with Gasteiger partial charge in [-0.2, -0.15) is 0 Å². The van der Waals surface area contributed by atoms with Gasteiger partial charge in [0.25, 0.3) is 0 Å². The second-order valence-electron chi connectivity index (χ2n) is 3.70. The maximum Gasteiger partial charge on any atom is 0.126 e. The lowest BCUT2D eigenvalue weighted by molar-refractivity contribution is 0.141. The Balaban J connectivity index is 2.61. The van der Waals surface area contributed by atoms with Crippen molar-refractivity contribution in [2.45, 2.75) is 31.9 Å². The minimum absolute atomic E-state index is 0.241. The minimum Gasteiger partial charge on any atom is -0.392 e. The van der Waals surface area contributed by atoms with Crippen molar-refractivity contribution in [1.82, 2.24) is 0 Å². The fourth-order valence-electron chi connectivity index (χ4n) is 1.30. The Bertz CT molecular complexity index is 330. The molecule has 0 amide bonds. The van der Waals surface area contributed by atoms with Crippen LogP contribution in [0.4, 0.5) is 4.39 Å². The third kappa shape index (κ3) is 3.89. The molecule has 15 heavy (non-hydrogen) atoms. The molecule has 0 radical (unpaired) electrons. The van der Waals surface area contributed by atoms with Gasteiger partial charge in [-0.15, -0.1) is 0 Å². The first-order valence-corrected chi connectivity index (χ1v) is 5.67. The zero-order valence-corrected chi connectivity index (χ0v) is 10.2. The van der Waals surface area contributed by atoms with Crippen molar-refractivity contribution in [1.29, 1.82) is 0 Å². The van der Waals surface area contributed by atoms with Gasteiger partial charge in [0.05, 0.1) is 6.10 Å². The number of hydrogen-bond acceptors (Lipinski definition) is 2. The van der Waals surface area contributed by atoms with Crippen LogP contribution < -0.4 is 5.73 Å². The van der Waals surface area contributed by atoms with Gasteiger partial charge in [0, 0.05) is 10.5 Å². The summed E-state index contributed by atoms with van der Waals surface area (Å²) in [4.78, 5) is 0. The minimum atomic E-state index is -0.580. The molecule has 1 aromatic carbocycles. The summed E-state index contributed by atoms with van der Waals surface area (Å²) in [5, 5.41) is 9.49. The summed E-state index contributed by atoms with van der Waals surface area (Å²) in [7, 11) is 0. The van der Waals surface area contributed by atoms with Crippen LogP contribution in [0.3, 0.4) is 0 Å². The summed E-state index contributed by atoms with van der Waals surface area (Å²) in [6.45, 7) is 1.74. The van der Waals surface area contributed by atoms with E-state index in [1.54, 1.807) is 19.1 Å². The molecular weight excluding hydrogens is 261 g/mol. The molecule has 1 rings (SSSR count). The highest BCUT2D eigenvalue weighted by Crippen LogP contribution is 2.17. The second kappa shape index (κ2) is 5.58. The molecule has 84 valence electrons. The first kappa shape index (κ1) is 12.6. The number of halogens is 2. The van der Waals surface area contributed by atoms with Gasteiger partial charge < -0.3 is 10.8 Å². The Hall–Kier alpha value is -0.450.